The maximum atomic E-state index is 12.2. The molecule has 1 amide bonds. The van der Waals surface area contributed by atoms with Gasteiger partial charge in [-0.3, -0.25) is 9.36 Å². The van der Waals surface area contributed by atoms with Crippen LogP contribution in [0.1, 0.15) is 17.0 Å². The molecule has 0 bridgehead atoms. The lowest BCUT2D eigenvalue weighted by atomic mass is 10.1. The number of nitrogens with zero attached hydrogens (tertiary/aromatic N) is 3. The molecule has 152 valence electrons. The summed E-state index contributed by atoms with van der Waals surface area (Å²) in [4.78, 5) is 12.2. The molecule has 1 N–H and O–H groups in total. The number of benzene rings is 2. The van der Waals surface area contributed by atoms with Crippen LogP contribution in [-0.2, 0) is 4.79 Å². The van der Waals surface area contributed by atoms with Crippen LogP contribution in [0.3, 0.4) is 0 Å². The van der Waals surface area contributed by atoms with Crippen molar-refractivity contribution in [2.75, 3.05) is 18.9 Å². The Kier molecular flexibility index (Phi) is 7.17. The lowest BCUT2D eigenvalue weighted by Gasteiger charge is -2.12. The number of rotatable bonds is 8. The number of amides is 1. The molecule has 29 heavy (non-hydrogen) atoms. The molecular weight excluding hydrogens is 408 g/mol. The Morgan fingerprint density at radius 2 is 1.90 bits per heavy atom. The summed E-state index contributed by atoms with van der Waals surface area (Å²) >= 11 is 7.20. The van der Waals surface area contributed by atoms with Crippen molar-refractivity contribution in [1.82, 2.24) is 20.1 Å². The summed E-state index contributed by atoms with van der Waals surface area (Å²) in [6.45, 7) is 6.82. The highest BCUT2D eigenvalue weighted by atomic mass is 35.5. The van der Waals surface area contributed by atoms with Crippen LogP contribution in [0.4, 0.5) is 0 Å². The summed E-state index contributed by atoms with van der Waals surface area (Å²) < 4.78 is 7.56. The summed E-state index contributed by atoms with van der Waals surface area (Å²) in [7, 11) is 0. The number of aromatic nitrogens is 3. The molecule has 0 aliphatic heterocycles. The van der Waals surface area contributed by atoms with Crippen LogP contribution < -0.4 is 10.1 Å². The predicted octanol–water partition coefficient (Wildman–Crippen LogP) is 4.13. The van der Waals surface area contributed by atoms with E-state index in [0.29, 0.717) is 23.3 Å². The SMILES string of the molecule is Cc1ccc(C)c(-n2c(C)nnc2SCC(=O)NCCOc2ccc(Cl)cc2)c1. The van der Waals surface area contributed by atoms with Crippen molar-refractivity contribution in [2.24, 2.45) is 0 Å². The van der Waals surface area contributed by atoms with Crippen LogP contribution in [0.5, 0.6) is 5.75 Å². The van der Waals surface area contributed by atoms with Crippen molar-refractivity contribution in [2.45, 2.75) is 25.9 Å². The third-order valence-electron chi connectivity index (χ3n) is 4.24. The van der Waals surface area contributed by atoms with Crippen molar-refractivity contribution in [1.29, 1.82) is 0 Å². The molecule has 1 heterocycles. The van der Waals surface area contributed by atoms with Crippen LogP contribution in [0.15, 0.2) is 47.6 Å². The first-order valence-corrected chi connectivity index (χ1v) is 10.6. The summed E-state index contributed by atoms with van der Waals surface area (Å²) in [6.07, 6.45) is 0. The van der Waals surface area contributed by atoms with Crippen molar-refractivity contribution < 1.29 is 9.53 Å². The fourth-order valence-electron chi connectivity index (χ4n) is 2.75. The summed E-state index contributed by atoms with van der Waals surface area (Å²) in [6, 6.07) is 13.4. The van der Waals surface area contributed by atoms with Gasteiger partial charge in [-0.15, -0.1) is 10.2 Å². The largest absolute Gasteiger partial charge is 0.492 e. The zero-order valence-electron chi connectivity index (χ0n) is 16.6. The van der Waals surface area contributed by atoms with Crippen LogP contribution in [-0.4, -0.2) is 39.6 Å². The third kappa shape index (κ3) is 5.74. The Hall–Kier alpha value is -2.51. The second kappa shape index (κ2) is 9.80. The molecule has 8 heteroatoms. The van der Waals surface area contributed by atoms with Crippen molar-refractivity contribution in [3.8, 4) is 11.4 Å². The first-order chi connectivity index (χ1) is 13.9. The number of nitrogens with one attached hydrogen (secondary N) is 1. The fraction of sp³-hybridized carbons (Fsp3) is 0.286. The number of ether oxygens (including phenoxy) is 1. The number of hydrogen-bond donors (Lipinski definition) is 1. The van der Waals surface area contributed by atoms with Crippen LogP contribution in [0.25, 0.3) is 5.69 Å². The first-order valence-electron chi connectivity index (χ1n) is 9.21. The van der Waals surface area contributed by atoms with Gasteiger partial charge in [0.1, 0.15) is 18.2 Å². The minimum atomic E-state index is -0.0807. The number of carbonyl (C=O) groups excluding carboxylic acids is 1. The number of aryl methyl sites for hydroxylation is 3. The fourth-order valence-corrected chi connectivity index (χ4v) is 3.69. The molecule has 3 aromatic rings. The molecule has 0 aliphatic rings. The average molecular weight is 431 g/mol. The third-order valence-corrected chi connectivity index (χ3v) is 5.42. The summed E-state index contributed by atoms with van der Waals surface area (Å²) in [5.74, 6) is 1.68. The number of hydrogen-bond acceptors (Lipinski definition) is 5. The minimum absolute atomic E-state index is 0.0807. The van der Waals surface area contributed by atoms with E-state index in [4.69, 9.17) is 16.3 Å². The highest BCUT2D eigenvalue weighted by Gasteiger charge is 2.15. The van der Waals surface area contributed by atoms with E-state index in [-0.39, 0.29) is 11.7 Å². The van der Waals surface area contributed by atoms with Crippen LogP contribution in [0.2, 0.25) is 5.02 Å². The van der Waals surface area contributed by atoms with Gasteiger partial charge in [0, 0.05) is 5.02 Å². The Morgan fingerprint density at radius 3 is 2.66 bits per heavy atom. The van der Waals surface area contributed by atoms with E-state index in [1.165, 1.54) is 11.8 Å². The van der Waals surface area contributed by atoms with E-state index in [9.17, 15) is 4.79 Å². The van der Waals surface area contributed by atoms with Gasteiger partial charge in [0.25, 0.3) is 0 Å². The topological polar surface area (TPSA) is 69.0 Å². The lowest BCUT2D eigenvalue weighted by Crippen LogP contribution is -2.29. The van der Waals surface area contributed by atoms with E-state index < -0.39 is 0 Å². The smallest absolute Gasteiger partial charge is 0.230 e. The van der Waals surface area contributed by atoms with Gasteiger partial charge >= 0.3 is 0 Å². The zero-order chi connectivity index (χ0) is 20.8. The quantitative estimate of drug-likeness (QED) is 0.429. The Balaban J connectivity index is 1.52. The zero-order valence-corrected chi connectivity index (χ0v) is 18.2. The van der Waals surface area contributed by atoms with E-state index in [2.05, 4.69) is 47.6 Å². The van der Waals surface area contributed by atoms with Gasteiger partial charge in [0.05, 0.1) is 18.0 Å². The van der Waals surface area contributed by atoms with Gasteiger partial charge in [-0.2, -0.15) is 0 Å². The van der Waals surface area contributed by atoms with Crippen molar-refractivity contribution in [3.05, 3.63) is 64.4 Å². The molecule has 0 radical (unpaired) electrons. The monoisotopic (exact) mass is 430 g/mol. The van der Waals surface area contributed by atoms with E-state index in [1.807, 2.05) is 11.5 Å². The number of thioether (sulfide) groups is 1. The van der Waals surface area contributed by atoms with Gasteiger partial charge in [-0.25, -0.2) is 0 Å². The normalized spacial score (nSPS) is 10.8. The summed E-state index contributed by atoms with van der Waals surface area (Å²) in [5, 5.41) is 12.6. The van der Waals surface area contributed by atoms with Gasteiger partial charge in [0.15, 0.2) is 5.16 Å². The molecule has 0 aliphatic carbocycles. The predicted molar refractivity (Wildman–Crippen MR) is 116 cm³/mol. The Labute approximate surface area is 179 Å². The number of halogens is 1. The molecule has 0 saturated carbocycles. The summed E-state index contributed by atoms with van der Waals surface area (Å²) in [5.41, 5.74) is 3.32. The minimum Gasteiger partial charge on any atom is -0.492 e. The molecule has 0 atom stereocenters. The van der Waals surface area contributed by atoms with Gasteiger partial charge < -0.3 is 10.1 Å². The Bertz CT molecular complexity index is 989. The molecule has 1 aromatic heterocycles. The Morgan fingerprint density at radius 1 is 1.14 bits per heavy atom. The van der Waals surface area contributed by atoms with Gasteiger partial charge in [-0.1, -0.05) is 35.5 Å². The van der Waals surface area contributed by atoms with Crippen molar-refractivity contribution >= 4 is 29.3 Å². The molecule has 0 spiro atoms. The molecule has 3 rings (SSSR count). The van der Waals surface area contributed by atoms with Crippen LogP contribution >= 0.6 is 23.4 Å². The highest BCUT2D eigenvalue weighted by Crippen LogP contribution is 2.24. The van der Waals surface area contributed by atoms with Gasteiger partial charge in [0.2, 0.25) is 5.91 Å². The highest BCUT2D eigenvalue weighted by molar-refractivity contribution is 7.99. The second-order valence-electron chi connectivity index (χ2n) is 6.60. The number of carbonyl (C=O) groups is 1. The lowest BCUT2D eigenvalue weighted by molar-refractivity contribution is -0.118. The maximum Gasteiger partial charge on any atom is 0.230 e. The standard InChI is InChI=1S/C21H23ClN4O2S/c1-14-4-5-15(2)19(12-14)26-16(3)24-25-21(26)29-13-20(27)23-10-11-28-18-8-6-17(22)7-9-18/h4-9,12H,10-11,13H2,1-3H3,(H,23,27). The average Bonchev–Trinajstić information content (AvgIpc) is 3.07. The van der Waals surface area contributed by atoms with E-state index in [0.717, 1.165) is 28.4 Å². The molecule has 0 saturated heterocycles. The molecule has 6 nitrogen and oxygen atoms in total. The van der Waals surface area contributed by atoms with E-state index >= 15 is 0 Å². The van der Waals surface area contributed by atoms with Crippen molar-refractivity contribution in [3.63, 3.8) is 0 Å². The molecular formula is C21H23ClN4O2S. The van der Waals surface area contributed by atoms with Gasteiger partial charge in [-0.05, 0) is 62.2 Å². The first kappa shape index (κ1) is 21.2. The second-order valence-corrected chi connectivity index (χ2v) is 7.98. The molecule has 0 fully saturated rings. The maximum absolute atomic E-state index is 12.2. The van der Waals surface area contributed by atoms with Crippen LogP contribution in [0, 0.1) is 20.8 Å². The molecule has 2 aromatic carbocycles. The molecule has 0 unspecified atom stereocenters. The van der Waals surface area contributed by atoms with E-state index in [1.54, 1.807) is 24.3 Å².